The molecule has 0 saturated heterocycles. The summed E-state index contributed by atoms with van der Waals surface area (Å²) in [5.41, 5.74) is -1.78. The Morgan fingerprint density at radius 1 is 1.05 bits per heavy atom. The van der Waals surface area contributed by atoms with Crippen LogP contribution in [0.3, 0.4) is 0 Å². The van der Waals surface area contributed by atoms with Gasteiger partial charge in [-0.05, 0) is 18.2 Å². The first-order valence-corrected chi connectivity index (χ1v) is 5.22. The molecule has 0 aliphatic carbocycles. The number of benzene rings is 1. The van der Waals surface area contributed by atoms with Crippen LogP contribution in [-0.2, 0) is 6.18 Å². The van der Waals surface area contributed by atoms with Crippen molar-refractivity contribution in [2.24, 2.45) is 0 Å². The lowest BCUT2D eigenvalue weighted by atomic mass is 10.0. The van der Waals surface area contributed by atoms with Gasteiger partial charge < -0.3 is 0 Å². The molecule has 19 heavy (non-hydrogen) atoms. The Morgan fingerprint density at radius 2 is 1.74 bits per heavy atom. The largest absolute Gasteiger partial charge is 0.417 e. The number of ketones is 1. The van der Waals surface area contributed by atoms with Crippen molar-refractivity contribution in [2.75, 3.05) is 0 Å². The van der Waals surface area contributed by atoms with Crippen LogP contribution in [-0.4, -0.2) is 10.8 Å². The molecule has 0 amide bonds. The standard InChI is InChI=1S/C13H7F4NO/c14-8-5-6-11(18-7-8)12(19)9-3-1-2-4-10(9)13(15,16)17/h1-7H. The molecule has 1 heterocycles. The lowest BCUT2D eigenvalue weighted by Gasteiger charge is -2.11. The highest BCUT2D eigenvalue weighted by Gasteiger charge is 2.35. The highest BCUT2D eigenvalue weighted by molar-refractivity contribution is 6.08. The van der Waals surface area contributed by atoms with Gasteiger partial charge in [-0.15, -0.1) is 0 Å². The molecule has 0 spiro atoms. The van der Waals surface area contributed by atoms with E-state index in [1.165, 1.54) is 12.1 Å². The predicted molar refractivity (Wildman–Crippen MR) is 59.1 cm³/mol. The number of pyridine rings is 1. The van der Waals surface area contributed by atoms with Crippen LogP contribution >= 0.6 is 0 Å². The second-order valence-electron chi connectivity index (χ2n) is 3.73. The number of alkyl halides is 3. The van der Waals surface area contributed by atoms with E-state index >= 15 is 0 Å². The van der Waals surface area contributed by atoms with Gasteiger partial charge in [-0.25, -0.2) is 9.37 Å². The molecule has 1 aromatic carbocycles. The van der Waals surface area contributed by atoms with Gasteiger partial charge in [0.2, 0.25) is 5.78 Å². The van der Waals surface area contributed by atoms with Crippen molar-refractivity contribution in [1.29, 1.82) is 0 Å². The Hall–Kier alpha value is -2.24. The number of rotatable bonds is 2. The van der Waals surface area contributed by atoms with E-state index in [2.05, 4.69) is 4.98 Å². The van der Waals surface area contributed by atoms with Crippen LogP contribution in [0.1, 0.15) is 21.6 Å². The van der Waals surface area contributed by atoms with E-state index in [4.69, 9.17) is 0 Å². The SMILES string of the molecule is O=C(c1ccc(F)cn1)c1ccccc1C(F)(F)F. The van der Waals surface area contributed by atoms with Crippen LogP contribution in [0.5, 0.6) is 0 Å². The molecule has 6 heteroatoms. The van der Waals surface area contributed by atoms with E-state index in [9.17, 15) is 22.4 Å². The molecule has 0 radical (unpaired) electrons. The Morgan fingerprint density at radius 3 is 2.32 bits per heavy atom. The molecule has 0 atom stereocenters. The Kier molecular flexibility index (Phi) is 3.33. The normalized spacial score (nSPS) is 11.4. The highest BCUT2D eigenvalue weighted by atomic mass is 19.4. The lowest BCUT2D eigenvalue weighted by molar-refractivity contribution is -0.137. The van der Waals surface area contributed by atoms with Gasteiger partial charge >= 0.3 is 6.18 Å². The minimum atomic E-state index is -4.63. The molecule has 0 bridgehead atoms. The average molecular weight is 269 g/mol. The van der Waals surface area contributed by atoms with Gasteiger partial charge in [0.05, 0.1) is 11.8 Å². The van der Waals surface area contributed by atoms with E-state index < -0.39 is 28.9 Å². The molecule has 0 unspecified atom stereocenters. The molecular formula is C13H7F4NO. The van der Waals surface area contributed by atoms with Gasteiger partial charge in [-0.1, -0.05) is 18.2 Å². The van der Waals surface area contributed by atoms with Crippen molar-refractivity contribution >= 4 is 5.78 Å². The number of aromatic nitrogens is 1. The monoisotopic (exact) mass is 269 g/mol. The van der Waals surface area contributed by atoms with Gasteiger partial charge in [-0.3, -0.25) is 4.79 Å². The molecule has 98 valence electrons. The number of carbonyl (C=O) groups is 1. The van der Waals surface area contributed by atoms with Gasteiger partial charge in [0.1, 0.15) is 11.5 Å². The maximum atomic E-state index is 12.8. The van der Waals surface area contributed by atoms with Gasteiger partial charge in [0.25, 0.3) is 0 Å². The molecule has 2 nitrogen and oxygen atoms in total. The summed E-state index contributed by atoms with van der Waals surface area (Å²) in [6.07, 6.45) is -3.85. The summed E-state index contributed by atoms with van der Waals surface area (Å²) in [6, 6.07) is 6.41. The fourth-order valence-corrected chi connectivity index (χ4v) is 1.58. The third-order valence-corrected chi connectivity index (χ3v) is 2.44. The average Bonchev–Trinajstić information content (AvgIpc) is 2.38. The predicted octanol–water partition coefficient (Wildman–Crippen LogP) is 3.47. The van der Waals surface area contributed by atoms with Gasteiger partial charge in [0.15, 0.2) is 0 Å². The van der Waals surface area contributed by atoms with Crippen molar-refractivity contribution in [2.45, 2.75) is 6.18 Å². The van der Waals surface area contributed by atoms with Gasteiger partial charge in [-0.2, -0.15) is 13.2 Å². The molecule has 1 aromatic heterocycles. The molecule has 0 N–H and O–H groups in total. The van der Waals surface area contributed by atoms with Crippen LogP contribution in [0.15, 0.2) is 42.6 Å². The second kappa shape index (κ2) is 4.79. The number of hydrogen-bond acceptors (Lipinski definition) is 2. The summed E-state index contributed by atoms with van der Waals surface area (Å²) in [5, 5.41) is 0. The Bertz CT molecular complexity index is 605. The quantitative estimate of drug-likeness (QED) is 0.617. The molecule has 2 rings (SSSR count). The van der Waals surface area contributed by atoms with Crippen LogP contribution in [0, 0.1) is 5.82 Å². The fraction of sp³-hybridized carbons (Fsp3) is 0.0769. The van der Waals surface area contributed by atoms with Crippen molar-refractivity contribution in [3.05, 3.63) is 65.2 Å². The molecule has 0 saturated carbocycles. The number of carbonyl (C=O) groups excluding carboxylic acids is 1. The lowest BCUT2D eigenvalue weighted by Crippen LogP contribution is -2.14. The Labute approximate surface area is 105 Å². The fourth-order valence-electron chi connectivity index (χ4n) is 1.58. The first kappa shape index (κ1) is 13.2. The third kappa shape index (κ3) is 2.78. The topological polar surface area (TPSA) is 30.0 Å². The van der Waals surface area contributed by atoms with E-state index in [-0.39, 0.29) is 5.69 Å². The first-order valence-electron chi connectivity index (χ1n) is 5.22. The van der Waals surface area contributed by atoms with E-state index in [1.807, 2.05) is 0 Å². The Balaban J connectivity index is 2.48. The summed E-state index contributed by atoms with van der Waals surface area (Å²) < 4.78 is 50.9. The van der Waals surface area contributed by atoms with Crippen LogP contribution in [0.2, 0.25) is 0 Å². The zero-order valence-corrected chi connectivity index (χ0v) is 9.41. The maximum absolute atomic E-state index is 12.8. The van der Waals surface area contributed by atoms with E-state index in [0.717, 1.165) is 30.5 Å². The van der Waals surface area contributed by atoms with Crippen molar-refractivity contribution in [1.82, 2.24) is 4.98 Å². The summed E-state index contributed by atoms with van der Waals surface area (Å²) in [5.74, 6) is -1.56. The number of hydrogen-bond donors (Lipinski definition) is 0. The highest BCUT2D eigenvalue weighted by Crippen LogP contribution is 2.32. The second-order valence-corrected chi connectivity index (χ2v) is 3.73. The van der Waals surface area contributed by atoms with Gasteiger partial charge in [0, 0.05) is 5.56 Å². The molecular weight excluding hydrogens is 262 g/mol. The minimum absolute atomic E-state index is 0.238. The first-order chi connectivity index (χ1) is 8.89. The molecule has 0 aliphatic rings. The third-order valence-electron chi connectivity index (χ3n) is 2.44. The maximum Gasteiger partial charge on any atom is 0.417 e. The minimum Gasteiger partial charge on any atom is -0.287 e. The zero-order valence-electron chi connectivity index (χ0n) is 9.41. The van der Waals surface area contributed by atoms with Crippen molar-refractivity contribution in [3.8, 4) is 0 Å². The zero-order chi connectivity index (χ0) is 14.0. The molecule has 0 fully saturated rings. The van der Waals surface area contributed by atoms with E-state index in [0.29, 0.717) is 0 Å². The smallest absolute Gasteiger partial charge is 0.287 e. The number of nitrogens with zero attached hydrogens (tertiary/aromatic N) is 1. The van der Waals surface area contributed by atoms with Crippen LogP contribution in [0.25, 0.3) is 0 Å². The van der Waals surface area contributed by atoms with Crippen molar-refractivity contribution in [3.63, 3.8) is 0 Å². The summed E-state index contributed by atoms with van der Waals surface area (Å²) in [7, 11) is 0. The summed E-state index contributed by atoms with van der Waals surface area (Å²) >= 11 is 0. The molecule has 0 aliphatic heterocycles. The summed E-state index contributed by atoms with van der Waals surface area (Å²) in [4.78, 5) is 15.4. The van der Waals surface area contributed by atoms with Crippen LogP contribution in [0.4, 0.5) is 17.6 Å². The van der Waals surface area contributed by atoms with Crippen LogP contribution < -0.4 is 0 Å². The van der Waals surface area contributed by atoms with E-state index in [1.54, 1.807) is 0 Å². The summed E-state index contributed by atoms with van der Waals surface area (Å²) in [6.45, 7) is 0. The molecule has 2 aromatic rings. The van der Waals surface area contributed by atoms with Crippen molar-refractivity contribution < 1.29 is 22.4 Å². The number of halogens is 4.